The number of carbonyl (C=O) groups excluding carboxylic acids is 1. The molecule has 0 amide bonds. The number of piperidine rings is 1. The first-order valence-corrected chi connectivity index (χ1v) is 8.24. The third-order valence-corrected chi connectivity index (χ3v) is 6.10. The van der Waals surface area contributed by atoms with Crippen LogP contribution in [0.3, 0.4) is 0 Å². The molecule has 0 radical (unpaired) electrons. The molecule has 2 heterocycles. The Bertz CT molecular complexity index is 472. The number of quaternary nitrogens is 2. The first-order valence-electron chi connectivity index (χ1n) is 7.25. The summed E-state index contributed by atoms with van der Waals surface area (Å²) in [6, 6.07) is 10.2. The van der Waals surface area contributed by atoms with E-state index < -0.39 is 5.97 Å². The molecule has 2 aliphatic heterocycles. The molecular formula is C15H21N2O2S+. The zero-order valence-corrected chi connectivity index (χ0v) is 12.3. The van der Waals surface area contributed by atoms with Gasteiger partial charge in [-0.25, -0.2) is 0 Å². The molecule has 1 aromatic rings. The molecule has 2 fully saturated rings. The highest BCUT2D eigenvalue weighted by molar-refractivity contribution is 8.00. The van der Waals surface area contributed by atoms with E-state index in [1.807, 2.05) is 23.1 Å². The third-order valence-electron chi connectivity index (χ3n) is 4.46. The van der Waals surface area contributed by atoms with Gasteiger partial charge in [-0.15, -0.1) is 0 Å². The minimum atomic E-state index is -0.909. The maximum Gasteiger partial charge on any atom is 0.154 e. The van der Waals surface area contributed by atoms with Gasteiger partial charge in [-0.1, -0.05) is 42.1 Å². The summed E-state index contributed by atoms with van der Waals surface area (Å²) in [6.07, 6.45) is 2.17. The molecule has 0 bridgehead atoms. The van der Waals surface area contributed by atoms with Crippen molar-refractivity contribution in [3.05, 3.63) is 35.9 Å². The van der Waals surface area contributed by atoms with Crippen LogP contribution in [0.1, 0.15) is 18.4 Å². The van der Waals surface area contributed by atoms with Gasteiger partial charge in [-0.2, -0.15) is 0 Å². The molecule has 0 aliphatic carbocycles. The van der Waals surface area contributed by atoms with E-state index in [0.717, 1.165) is 32.5 Å². The van der Waals surface area contributed by atoms with Gasteiger partial charge in [0.2, 0.25) is 0 Å². The number of nitrogens with two attached hydrogens (primary N) is 1. The number of carbonyl (C=O) groups is 1. The highest BCUT2D eigenvalue weighted by Gasteiger charge is 2.47. The van der Waals surface area contributed by atoms with Crippen LogP contribution in [0.15, 0.2) is 30.3 Å². The molecule has 108 valence electrons. The van der Waals surface area contributed by atoms with Crippen LogP contribution in [0, 0.1) is 0 Å². The first kappa shape index (κ1) is 13.9. The van der Waals surface area contributed by atoms with Gasteiger partial charge in [0.25, 0.3) is 0 Å². The van der Waals surface area contributed by atoms with Crippen LogP contribution < -0.4 is 15.3 Å². The smallest absolute Gasteiger partial charge is 0.154 e. The Kier molecular flexibility index (Phi) is 4.01. The van der Waals surface area contributed by atoms with Gasteiger partial charge in [0.1, 0.15) is 18.6 Å². The number of hydrogen-bond acceptors (Lipinski definition) is 3. The van der Waals surface area contributed by atoms with Crippen molar-refractivity contribution in [2.75, 3.05) is 18.8 Å². The molecule has 1 aromatic carbocycles. The summed E-state index contributed by atoms with van der Waals surface area (Å²) in [5.74, 6) is -0.218. The number of nitrogens with one attached hydrogen (secondary N) is 1. The van der Waals surface area contributed by atoms with Crippen molar-refractivity contribution in [1.29, 1.82) is 0 Å². The summed E-state index contributed by atoms with van der Waals surface area (Å²) in [6.45, 7) is 3.32. The molecule has 0 aromatic heterocycles. The normalized spacial score (nSPS) is 33.4. The van der Waals surface area contributed by atoms with Gasteiger partial charge in [-0.05, 0) is 0 Å². The van der Waals surface area contributed by atoms with Gasteiger partial charge in [-0.3, -0.25) is 0 Å². The fourth-order valence-corrected chi connectivity index (χ4v) is 4.75. The lowest BCUT2D eigenvalue weighted by Crippen LogP contribution is -3.15. The standard InChI is InChI=1S/C15H20N2O2S/c18-14(19)13-11-20-15(16-13)6-8-17(9-7-15)10-12-4-2-1-3-5-12/h1-5,13,16H,6-11H2,(H,18,19)/p+1/t13-/m0/s1. The minimum absolute atomic E-state index is 0.102. The molecule has 3 rings (SSSR count). The summed E-state index contributed by atoms with van der Waals surface area (Å²) in [7, 11) is 0. The second kappa shape index (κ2) is 5.76. The number of rotatable bonds is 3. The quantitative estimate of drug-likeness (QED) is 0.677. The Labute approximate surface area is 123 Å². The monoisotopic (exact) mass is 293 g/mol. The minimum Gasteiger partial charge on any atom is -0.544 e. The average Bonchev–Trinajstić information content (AvgIpc) is 2.87. The van der Waals surface area contributed by atoms with E-state index in [-0.39, 0.29) is 10.9 Å². The second-order valence-electron chi connectivity index (χ2n) is 5.88. The zero-order chi connectivity index (χ0) is 14.0. The highest BCUT2D eigenvalue weighted by atomic mass is 32.2. The van der Waals surface area contributed by atoms with Gasteiger partial charge >= 0.3 is 0 Å². The highest BCUT2D eigenvalue weighted by Crippen LogP contribution is 2.30. The lowest BCUT2D eigenvalue weighted by Gasteiger charge is -2.34. The first-order chi connectivity index (χ1) is 9.67. The van der Waals surface area contributed by atoms with Crippen molar-refractivity contribution >= 4 is 17.7 Å². The Morgan fingerprint density at radius 1 is 1.35 bits per heavy atom. The van der Waals surface area contributed by atoms with Crippen LogP contribution in [0.4, 0.5) is 0 Å². The van der Waals surface area contributed by atoms with Crippen molar-refractivity contribution < 1.29 is 20.1 Å². The van der Waals surface area contributed by atoms with Crippen LogP contribution in [0.25, 0.3) is 0 Å². The molecule has 0 unspecified atom stereocenters. The molecule has 1 spiro atoms. The molecule has 0 saturated carbocycles. The number of benzene rings is 1. The fourth-order valence-electron chi connectivity index (χ4n) is 3.25. The van der Waals surface area contributed by atoms with Crippen molar-refractivity contribution in [2.24, 2.45) is 0 Å². The summed E-state index contributed by atoms with van der Waals surface area (Å²) in [5.41, 5.74) is 1.38. The van der Waals surface area contributed by atoms with Crippen molar-refractivity contribution in [1.82, 2.24) is 0 Å². The topological polar surface area (TPSA) is 61.2 Å². The number of carboxylic acids is 1. The van der Waals surface area contributed by atoms with E-state index in [1.165, 1.54) is 5.56 Å². The van der Waals surface area contributed by atoms with Crippen LogP contribution in [-0.4, -0.2) is 35.7 Å². The van der Waals surface area contributed by atoms with Crippen molar-refractivity contribution in [2.45, 2.75) is 30.3 Å². The van der Waals surface area contributed by atoms with Crippen molar-refractivity contribution in [3.63, 3.8) is 0 Å². The van der Waals surface area contributed by atoms with E-state index in [2.05, 4.69) is 24.3 Å². The van der Waals surface area contributed by atoms with E-state index in [0.29, 0.717) is 5.75 Å². The SMILES string of the molecule is O=C([O-])[C@@H]1CSC2(CC[NH+](Cc3ccccc3)CC2)[NH2+]1. The molecule has 5 heteroatoms. The Balaban J connectivity index is 1.54. The van der Waals surface area contributed by atoms with E-state index >= 15 is 0 Å². The molecule has 2 saturated heterocycles. The van der Waals surface area contributed by atoms with Crippen LogP contribution in [0.2, 0.25) is 0 Å². The predicted octanol–water partition coefficient (Wildman–Crippen LogP) is -2.01. The number of aliphatic carboxylic acids is 1. The number of likely N-dealkylation sites (tertiary alicyclic amines) is 1. The fraction of sp³-hybridized carbons (Fsp3) is 0.533. The second-order valence-corrected chi connectivity index (χ2v) is 7.32. The van der Waals surface area contributed by atoms with Crippen LogP contribution in [0.5, 0.6) is 0 Å². The predicted molar refractivity (Wildman–Crippen MR) is 76.0 cm³/mol. The Morgan fingerprint density at radius 3 is 2.65 bits per heavy atom. The van der Waals surface area contributed by atoms with Crippen LogP contribution in [-0.2, 0) is 11.3 Å². The largest absolute Gasteiger partial charge is 0.544 e. The van der Waals surface area contributed by atoms with Gasteiger partial charge in [0.05, 0.1) is 31.7 Å². The maximum absolute atomic E-state index is 11.0. The van der Waals surface area contributed by atoms with Crippen molar-refractivity contribution in [3.8, 4) is 0 Å². The Hall–Kier alpha value is -1.04. The molecule has 2 aliphatic rings. The van der Waals surface area contributed by atoms with Gasteiger partial charge < -0.3 is 20.1 Å². The molecule has 3 N–H and O–H groups in total. The average molecular weight is 293 g/mol. The van der Waals surface area contributed by atoms with Gasteiger partial charge in [0.15, 0.2) is 4.87 Å². The lowest BCUT2D eigenvalue weighted by atomic mass is 10.0. The molecular weight excluding hydrogens is 272 g/mol. The Morgan fingerprint density at radius 2 is 2.05 bits per heavy atom. The summed E-state index contributed by atoms with van der Waals surface area (Å²) in [5, 5.41) is 13.0. The number of carboxylic acid groups (broad SMARTS) is 1. The summed E-state index contributed by atoms with van der Waals surface area (Å²) in [4.78, 5) is 12.7. The van der Waals surface area contributed by atoms with Crippen LogP contribution >= 0.6 is 11.8 Å². The molecule has 20 heavy (non-hydrogen) atoms. The summed E-state index contributed by atoms with van der Waals surface area (Å²) >= 11 is 1.82. The molecule has 1 atom stereocenters. The number of thioether (sulfide) groups is 1. The maximum atomic E-state index is 11.0. The third kappa shape index (κ3) is 3.00. The number of hydrogen-bond donors (Lipinski definition) is 2. The lowest BCUT2D eigenvalue weighted by molar-refractivity contribution is -0.927. The van der Waals surface area contributed by atoms with E-state index in [4.69, 9.17) is 0 Å². The van der Waals surface area contributed by atoms with E-state index in [1.54, 1.807) is 4.90 Å². The molecule has 4 nitrogen and oxygen atoms in total. The zero-order valence-electron chi connectivity index (χ0n) is 11.5. The summed E-state index contributed by atoms with van der Waals surface area (Å²) < 4.78 is 0. The van der Waals surface area contributed by atoms with Gasteiger partial charge in [0, 0.05) is 5.56 Å². The van der Waals surface area contributed by atoms with E-state index in [9.17, 15) is 9.90 Å².